The summed E-state index contributed by atoms with van der Waals surface area (Å²) < 4.78 is 17.1. The van der Waals surface area contributed by atoms with Gasteiger partial charge in [0.25, 0.3) is 5.91 Å². The monoisotopic (exact) mass is 873 g/mol. The van der Waals surface area contributed by atoms with Gasteiger partial charge < -0.3 is 45.1 Å². The topological polar surface area (TPSA) is 237 Å². The van der Waals surface area contributed by atoms with Gasteiger partial charge in [0.05, 0.1) is 24.2 Å². The number of nitriles is 1. The van der Waals surface area contributed by atoms with Gasteiger partial charge in [-0.1, -0.05) is 50.5 Å². The zero-order chi connectivity index (χ0) is 46.1. The van der Waals surface area contributed by atoms with E-state index in [4.69, 9.17) is 19.5 Å². The van der Waals surface area contributed by atoms with Crippen LogP contribution in [0.1, 0.15) is 108 Å². The lowest BCUT2D eigenvalue weighted by Crippen LogP contribution is -2.55. The van der Waals surface area contributed by atoms with E-state index in [1.165, 1.54) is 29.2 Å². The number of carbonyl (C=O) groups is 7. The molecule has 3 fully saturated rings. The van der Waals surface area contributed by atoms with E-state index in [0.717, 1.165) is 12.0 Å². The summed E-state index contributed by atoms with van der Waals surface area (Å²) in [7, 11) is 1.93. The number of aliphatic carboxylic acids is 1. The smallest absolute Gasteiger partial charge is 0.480 e. The predicted molar refractivity (Wildman–Crippen MR) is 228 cm³/mol. The van der Waals surface area contributed by atoms with Crippen LogP contribution >= 0.6 is 0 Å². The molecule has 0 aromatic heterocycles. The molecule has 63 heavy (non-hydrogen) atoms. The zero-order valence-electron chi connectivity index (χ0n) is 36.8. The Morgan fingerprint density at radius 2 is 1.57 bits per heavy atom. The predicted octanol–water partition coefficient (Wildman–Crippen LogP) is 4.65. The van der Waals surface area contributed by atoms with Gasteiger partial charge in [-0.25, -0.2) is 9.59 Å². The zero-order valence-corrected chi connectivity index (χ0v) is 36.8. The molecule has 1 unspecified atom stereocenters. The number of likely N-dealkylation sites (N-methyl/N-ethyl adjacent to an activating group) is 1. The number of nitrogens with zero attached hydrogens (tertiary/aromatic N) is 4. The number of benzene rings is 2. The SMILES string of the molecule is CCCC[C@H](NC(=O)C1(C(=O)O)CCC1)C(=O)Nc1ccc(C(OC(=O)O[C@@H]2C[C@@H](C(=O)N[C@@H](C)c3ccc(C#N)cc3)N(C(=O)OC(C)(C)C)C2)C(=O)N2CCN(C)CC2)cc1. The highest BCUT2D eigenvalue weighted by atomic mass is 16.7. The molecule has 340 valence electrons. The van der Waals surface area contributed by atoms with Gasteiger partial charge in [0.1, 0.15) is 29.2 Å². The van der Waals surface area contributed by atoms with Crippen molar-refractivity contribution >= 4 is 47.5 Å². The molecule has 5 atom stereocenters. The molecule has 0 bridgehead atoms. The fraction of sp³-hybridized carbons (Fsp3) is 0.556. The second-order valence-corrected chi connectivity index (χ2v) is 17.5. The van der Waals surface area contributed by atoms with Crippen LogP contribution in [0.4, 0.5) is 15.3 Å². The van der Waals surface area contributed by atoms with E-state index < -0.39 is 83.2 Å². The normalized spacial score (nSPS) is 19.8. The van der Waals surface area contributed by atoms with Crippen LogP contribution in [-0.4, -0.2) is 125 Å². The van der Waals surface area contributed by atoms with E-state index in [1.807, 2.05) is 14.0 Å². The molecule has 2 saturated heterocycles. The first-order chi connectivity index (χ1) is 29.8. The van der Waals surface area contributed by atoms with Crippen LogP contribution in [0.2, 0.25) is 0 Å². The van der Waals surface area contributed by atoms with Crippen molar-refractivity contribution in [1.29, 1.82) is 5.26 Å². The number of carbonyl (C=O) groups excluding carboxylic acids is 6. The van der Waals surface area contributed by atoms with E-state index >= 15 is 0 Å². The van der Waals surface area contributed by atoms with Gasteiger partial charge in [0.2, 0.25) is 23.8 Å². The Labute approximate surface area is 367 Å². The van der Waals surface area contributed by atoms with E-state index in [9.17, 15) is 38.7 Å². The fourth-order valence-corrected chi connectivity index (χ4v) is 7.62. The lowest BCUT2D eigenvalue weighted by molar-refractivity contribution is -0.162. The summed E-state index contributed by atoms with van der Waals surface area (Å²) in [5.74, 6) is -3.47. The number of unbranched alkanes of at least 4 members (excludes halogenated alkanes) is 1. The number of hydrogen-bond donors (Lipinski definition) is 4. The highest BCUT2D eigenvalue weighted by molar-refractivity contribution is 6.05. The van der Waals surface area contributed by atoms with Gasteiger partial charge in [-0.05, 0) is 83.8 Å². The summed E-state index contributed by atoms with van der Waals surface area (Å²) in [6.07, 6.45) is -1.93. The molecule has 2 aromatic rings. The molecule has 18 heteroatoms. The van der Waals surface area contributed by atoms with E-state index in [2.05, 4.69) is 26.9 Å². The van der Waals surface area contributed by atoms with Crippen molar-refractivity contribution in [2.24, 2.45) is 5.41 Å². The van der Waals surface area contributed by atoms with Crippen LogP contribution in [0.25, 0.3) is 0 Å². The molecule has 0 radical (unpaired) electrons. The number of ether oxygens (including phenoxy) is 3. The first-order valence-corrected chi connectivity index (χ1v) is 21.4. The molecular formula is C45H59N7O11. The van der Waals surface area contributed by atoms with E-state index in [1.54, 1.807) is 56.9 Å². The van der Waals surface area contributed by atoms with Gasteiger partial charge in [-0.3, -0.25) is 28.9 Å². The second-order valence-electron chi connectivity index (χ2n) is 17.5. The Bertz CT molecular complexity index is 2030. The number of carboxylic acids is 1. The molecule has 18 nitrogen and oxygen atoms in total. The first-order valence-electron chi connectivity index (χ1n) is 21.4. The summed E-state index contributed by atoms with van der Waals surface area (Å²) in [4.78, 5) is 98.1. The lowest BCUT2D eigenvalue weighted by atomic mass is 9.68. The van der Waals surface area contributed by atoms with Crippen LogP contribution in [0.3, 0.4) is 0 Å². The summed E-state index contributed by atoms with van der Waals surface area (Å²) in [5, 5.41) is 27.2. The largest absolute Gasteiger partial charge is 0.509 e. The summed E-state index contributed by atoms with van der Waals surface area (Å²) in [6, 6.07) is 12.3. The van der Waals surface area contributed by atoms with Gasteiger partial charge in [-0.15, -0.1) is 0 Å². The van der Waals surface area contributed by atoms with Gasteiger partial charge >= 0.3 is 18.2 Å². The number of piperazine rings is 1. The van der Waals surface area contributed by atoms with Crippen molar-refractivity contribution in [2.45, 2.75) is 115 Å². The molecular weight excluding hydrogens is 815 g/mol. The van der Waals surface area contributed by atoms with Gasteiger partial charge in [-0.2, -0.15) is 5.26 Å². The average molecular weight is 874 g/mol. The van der Waals surface area contributed by atoms with Crippen molar-refractivity contribution < 1.29 is 52.9 Å². The molecule has 5 amide bonds. The van der Waals surface area contributed by atoms with Crippen molar-refractivity contribution in [1.82, 2.24) is 25.3 Å². The Morgan fingerprint density at radius 3 is 2.13 bits per heavy atom. The summed E-state index contributed by atoms with van der Waals surface area (Å²) in [6.45, 7) is 10.5. The molecule has 5 rings (SSSR count). The molecule has 2 heterocycles. The molecule has 4 N–H and O–H groups in total. The number of anilines is 1. The number of nitrogens with one attached hydrogen (secondary N) is 3. The highest BCUT2D eigenvalue weighted by Crippen LogP contribution is 2.41. The van der Waals surface area contributed by atoms with Crippen molar-refractivity contribution in [3.05, 3.63) is 65.2 Å². The molecule has 3 aliphatic rings. The quantitative estimate of drug-likeness (QED) is 0.141. The Morgan fingerprint density at radius 1 is 0.937 bits per heavy atom. The molecule has 1 aliphatic carbocycles. The number of carboxylic acid groups (broad SMARTS) is 1. The van der Waals surface area contributed by atoms with Crippen molar-refractivity contribution in [3.63, 3.8) is 0 Å². The maximum Gasteiger partial charge on any atom is 0.509 e. The molecule has 2 aromatic carbocycles. The minimum absolute atomic E-state index is 0.0945. The number of amides is 5. The number of rotatable bonds is 15. The summed E-state index contributed by atoms with van der Waals surface area (Å²) >= 11 is 0. The van der Waals surface area contributed by atoms with Crippen molar-refractivity contribution in [3.8, 4) is 6.07 Å². The van der Waals surface area contributed by atoms with Gasteiger partial charge in [0, 0.05) is 43.9 Å². The summed E-state index contributed by atoms with van der Waals surface area (Å²) in [5.41, 5.74) is -0.663. The van der Waals surface area contributed by atoms with Crippen LogP contribution < -0.4 is 16.0 Å². The molecule has 0 spiro atoms. The third-order valence-electron chi connectivity index (χ3n) is 11.6. The minimum Gasteiger partial charge on any atom is -0.480 e. The van der Waals surface area contributed by atoms with Crippen LogP contribution in [-0.2, 0) is 38.2 Å². The third kappa shape index (κ3) is 12.2. The Balaban J connectivity index is 1.30. The van der Waals surface area contributed by atoms with Gasteiger partial charge in [0.15, 0.2) is 0 Å². The van der Waals surface area contributed by atoms with Crippen LogP contribution in [0.15, 0.2) is 48.5 Å². The van der Waals surface area contributed by atoms with Crippen LogP contribution in [0, 0.1) is 16.7 Å². The number of likely N-dealkylation sites (tertiary alicyclic amines) is 1. The Kier molecular flexibility index (Phi) is 15.8. The fourth-order valence-electron chi connectivity index (χ4n) is 7.62. The Hall–Kier alpha value is -6.22. The van der Waals surface area contributed by atoms with E-state index in [-0.39, 0.29) is 31.4 Å². The lowest BCUT2D eigenvalue weighted by Gasteiger charge is -2.36. The standard InChI is InChI=1S/C45H59N7O11/c1-7-8-10-34(49-40(56)45(41(57)58)19-9-20-45)37(53)48-32-17-15-31(16-18-32)36(39(55)51-23-21-50(6)22-24-51)62-43(60)61-33-25-35(52(27-33)42(59)63-44(3,4)5)38(54)47-28(2)30-13-11-29(26-46)12-14-30/h11-18,28,33-36H,7-10,19-25,27H2,1-6H3,(H,47,54)(H,48,53)(H,49,56)(H,57,58)/t28-,33+,34-,35-,36?/m0/s1. The second kappa shape index (κ2) is 20.8. The maximum atomic E-state index is 14.0. The first kappa shape index (κ1) is 47.8. The van der Waals surface area contributed by atoms with Crippen molar-refractivity contribution in [2.75, 3.05) is 45.1 Å². The molecule has 1 saturated carbocycles. The molecule has 2 aliphatic heterocycles. The third-order valence-corrected chi connectivity index (χ3v) is 11.6. The van der Waals surface area contributed by atoms with E-state index in [0.29, 0.717) is 56.7 Å². The van der Waals surface area contributed by atoms with Crippen LogP contribution in [0.5, 0.6) is 0 Å². The number of hydrogen-bond acceptors (Lipinski definition) is 12. The minimum atomic E-state index is -1.54. The average Bonchev–Trinajstić information content (AvgIpc) is 3.64. The maximum absolute atomic E-state index is 14.0. The highest BCUT2D eigenvalue weighted by Gasteiger charge is 2.52.